The fraction of sp³-hybridized carbons (Fsp3) is 0.300. The summed E-state index contributed by atoms with van der Waals surface area (Å²) in [4.78, 5) is 24.9. The molecule has 2 heterocycles. The van der Waals surface area contributed by atoms with Crippen LogP contribution >= 0.6 is 11.8 Å². The first-order chi connectivity index (χ1) is 7.81. The van der Waals surface area contributed by atoms with Crippen molar-refractivity contribution in [3.8, 4) is 0 Å². The summed E-state index contributed by atoms with van der Waals surface area (Å²) in [5.41, 5.74) is 0.510. The lowest BCUT2D eigenvalue weighted by Gasteiger charge is -2.06. The highest BCUT2D eigenvalue weighted by molar-refractivity contribution is 8.14. The Morgan fingerprint density at radius 1 is 1.69 bits per heavy atom. The van der Waals surface area contributed by atoms with Crippen molar-refractivity contribution in [2.24, 2.45) is 4.99 Å². The Balaban J connectivity index is 2.08. The van der Waals surface area contributed by atoms with Crippen LogP contribution in [0.15, 0.2) is 35.4 Å². The van der Waals surface area contributed by atoms with Gasteiger partial charge in [-0.3, -0.25) is 4.99 Å². The number of carbonyl (C=O) groups is 1. The summed E-state index contributed by atoms with van der Waals surface area (Å²) in [7, 11) is 0. The third-order valence-electron chi connectivity index (χ3n) is 1.99. The van der Waals surface area contributed by atoms with E-state index in [1.165, 1.54) is 11.1 Å². The second-order valence-corrected chi connectivity index (χ2v) is 4.12. The number of hydrogen-bond acceptors (Lipinski definition) is 5. The number of carbonyl (C=O) groups excluding carboxylic acids is 1. The Morgan fingerprint density at radius 2 is 2.56 bits per heavy atom. The molecule has 0 saturated heterocycles. The van der Waals surface area contributed by atoms with Gasteiger partial charge in [-0.15, -0.1) is 11.8 Å². The number of hydrogen-bond donors (Lipinski definition) is 0. The molecule has 0 spiro atoms. The standard InChI is InChI=1S/C10H11N3O2S/c1-2-8(9-12-4-6-16-9)10(14)15-13-5-3-11-7-13/h2-3,5,7H,4,6H2,1H3. The fourth-order valence-corrected chi connectivity index (χ4v) is 2.19. The summed E-state index contributed by atoms with van der Waals surface area (Å²) in [6, 6.07) is 0. The first kappa shape index (κ1) is 10.9. The minimum Gasteiger partial charge on any atom is -0.330 e. The number of imidazole rings is 1. The predicted molar refractivity (Wildman–Crippen MR) is 62.3 cm³/mol. The Morgan fingerprint density at radius 3 is 3.12 bits per heavy atom. The quantitative estimate of drug-likeness (QED) is 0.734. The Bertz CT molecular complexity index is 437. The van der Waals surface area contributed by atoms with Crippen LogP contribution in [0.3, 0.4) is 0 Å². The summed E-state index contributed by atoms with van der Waals surface area (Å²) in [6.07, 6.45) is 6.25. The number of thioether (sulfide) groups is 1. The van der Waals surface area contributed by atoms with Crippen molar-refractivity contribution in [3.63, 3.8) is 0 Å². The first-order valence-electron chi connectivity index (χ1n) is 4.86. The van der Waals surface area contributed by atoms with Gasteiger partial charge in [0.05, 0.1) is 11.8 Å². The average molecular weight is 237 g/mol. The van der Waals surface area contributed by atoms with Gasteiger partial charge in [-0.2, -0.15) is 4.73 Å². The summed E-state index contributed by atoms with van der Waals surface area (Å²) in [5.74, 6) is 0.513. The molecule has 2 rings (SSSR count). The largest absolute Gasteiger partial charge is 0.366 e. The number of aromatic nitrogens is 2. The SMILES string of the molecule is CC=C(C(=O)On1ccnc1)C1=NCCS1. The van der Waals surface area contributed by atoms with Crippen LogP contribution in [0.2, 0.25) is 0 Å². The van der Waals surface area contributed by atoms with Gasteiger partial charge in [-0.25, -0.2) is 9.78 Å². The van der Waals surface area contributed by atoms with Crippen molar-refractivity contribution in [3.05, 3.63) is 30.4 Å². The number of aliphatic imine (C=N–C) groups is 1. The number of nitrogens with zero attached hydrogens (tertiary/aromatic N) is 3. The molecular weight excluding hydrogens is 226 g/mol. The zero-order chi connectivity index (χ0) is 11.4. The lowest BCUT2D eigenvalue weighted by molar-refractivity contribution is -0.138. The maximum absolute atomic E-state index is 11.8. The predicted octanol–water partition coefficient (Wildman–Crippen LogP) is 0.930. The molecule has 16 heavy (non-hydrogen) atoms. The van der Waals surface area contributed by atoms with E-state index in [4.69, 9.17) is 4.84 Å². The molecule has 6 heteroatoms. The molecule has 0 atom stereocenters. The third kappa shape index (κ3) is 2.33. The third-order valence-corrected chi connectivity index (χ3v) is 3.00. The molecule has 0 fully saturated rings. The summed E-state index contributed by atoms with van der Waals surface area (Å²) in [6.45, 7) is 2.56. The van der Waals surface area contributed by atoms with E-state index in [9.17, 15) is 4.79 Å². The van der Waals surface area contributed by atoms with Crippen LogP contribution in [0, 0.1) is 0 Å². The van der Waals surface area contributed by atoms with Gasteiger partial charge in [0.15, 0.2) is 0 Å². The topological polar surface area (TPSA) is 56.5 Å². The van der Waals surface area contributed by atoms with Gasteiger partial charge >= 0.3 is 5.97 Å². The molecule has 0 aliphatic carbocycles. The van der Waals surface area contributed by atoms with Gasteiger partial charge in [-0.05, 0) is 6.92 Å². The fourth-order valence-electron chi connectivity index (χ4n) is 1.27. The minimum absolute atomic E-state index is 0.409. The van der Waals surface area contributed by atoms with Crippen LogP contribution in [0.1, 0.15) is 6.92 Å². The van der Waals surface area contributed by atoms with Gasteiger partial charge in [-0.1, -0.05) is 6.08 Å². The maximum atomic E-state index is 11.8. The van der Waals surface area contributed by atoms with Crippen molar-refractivity contribution >= 4 is 22.8 Å². The van der Waals surface area contributed by atoms with Crippen molar-refractivity contribution < 1.29 is 9.63 Å². The van der Waals surface area contributed by atoms with Crippen LogP contribution < -0.4 is 4.84 Å². The van der Waals surface area contributed by atoms with E-state index < -0.39 is 5.97 Å². The smallest absolute Gasteiger partial charge is 0.330 e. The van der Waals surface area contributed by atoms with Gasteiger partial charge in [0.2, 0.25) is 0 Å². The molecule has 0 unspecified atom stereocenters. The lowest BCUT2D eigenvalue weighted by atomic mass is 10.3. The van der Waals surface area contributed by atoms with Crippen LogP contribution in [0.4, 0.5) is 0 Å². The van der Waals surface area contributed by atoms with E-state index in [0.29, 0.717) is 5.57 Å². The normalized spacial score (nSPS) is 16.1. The molecule has 5 nitrogen and oxygen atoms in total. The van der Waals surface area contributed by atoms with Crippen molar-refractivity contribution in [2.45, 2.75) is 6.92 Å². The van der Waals surface area contributed by atoms with Crippen molar-refractivity contribution in [1.29, 1.82) is 0 Å². The van der Waals surface area contributed by atoms with Gasteiger partial charge in [0.25, 0.3) is 0 Å². The van der Waals surface area contributed by atoms with Crippen LogP contribution in [0.25, 0.3) is 0 Å². The van der Waals surface area contributed by atoms with Crippen LogP contribution in [0.5, 0.6) is 0 Å². The Kier molecular flexibility index (Phi) is 3.40. The molecule has 0 bridgehead atoms. The Labute approximate surface area is 97.2 Å². The van der Waals surface area contributed by atoms with E-state index >= 15 is 0 Å². The van der Waals surface area contributed by atoms with Crippen LogP contribution in [-0.2, 0) is 4.79 Å². The molecule has 0 radical (unpaired) electrons. The summed E-state index contributed by atoms with van der Waals surface area (Å²) >= 11 is 1.57. The zero-order valence-corrected chi connectivity index (χ0v) is 9.61. The van der Waals surface area contributed by atoms with Gasteiger partial charge in [0.1, 0.15) is 11.4 Å². The molecule has 1 aliphatic heterocycles. The maximum Gasteiger partial charge on any atom is 0.366 e. The first-order valence-corrected chi connectivity index (χ1v) is 5.84. The minimum atomic E-state index is -0.409. The molecular formula is C10H11N3O2S. The van der Waals surface area contributed by atoms with Gasteiger partial charge in [0, 0.05) is 18.5 Å². The monoisotopic (exact) mass is 237 g/mol. The van der Waals surface area contributed by atoms with E-state index in [2.05, 4.69) is 9.98 Å². The molecule has 1 aromatic rings. The van der Waals surface area contributed by atoms with Crippen LogP contribution in [-0.4, -0.2) is 33.0 Å². The van der Waals surface area contributed by atoms with Crippen molar-refractivity contribution in [1.82, 2.24) is 9.71 Å². The zero-order valence-electron chi connectivity index (χ0n) is 8.79. The molecule has 1 aromatic heterocycles. The molecule has 0 amide bonds. The average Bonchev–Trinajstić information content (AvgIpc) is 2.91. The molecule has 0 N–H and O–H groups in total. The Hall–Kier alpha value is -1.56. The molecule has 0 aromatic carbocycles. The van der Waals surface area contributed by atoms with Crippen molar-refractivity contribution in [2.75, 3.05) is 12.3 Å². The molecule has 1 aliphatic rings. The highest BCUT2D eigenvalue weighted by atomic mass is 32.2. The second-order valence-electron chi connectivity index (χ2n) is 3.04. The summed E-state index contributed by atoms with van der Waals surface area (Å²) < 4.78 is 1.27. The molecule has 84 valence electrons. The lowest BCUT2D eigenvalue weighted by Crippen LogP contribution is -2.22. The highest BCUT2D eigenvalue weighted by Gasteiger charge is 2.20. The van der Waals surface area contributed by atoms with Gasteiger partial charge < -0.3 is 4.84 Å². The highest BCUT2D eigenvalue weighted by Crippen LogP contribution is 2.18. The number of allylic oxidation sites excluding steroid dienone is 1. The second kappa shape index (κ2) is 4.98. The van der Waals surface area contributed by atoms with E-state index in [0.717, 1.165) is 17.3 Å². The van der Waals surface area contributed by atoms with E-state index in [-0.39, 0.29) is 0 Å². The molecule has 0 saturated carbocycles. The van der Waals surface area contributed by atoms with E-state index in [1.54, 1.807) is 37.2 Å². The summed E-state index contributed by atoms with van der Waals surface area (Å²) in [5, 5.41) is 0.757. The number of rotatable bonds is 3. The van der Waals surface area contributed by atoms with E-state index in [1.807, 2.05) is 0 Å².